The van der Waals surface area contributed by atoms with E-state index >= 15 is 0 Å². The van der Waals surface area contributed by atoms with Gasteiger partial charge >= 0.3 is 0 Å². The number of carbonyl (C=O) groups is 1. The van der Waals surface area contributed by atoms with E-state index in [1.54, 1.807) is 18.4 Å². The molecule has 1 aliphatic heterocycles. The van der Waals surface area contributed by atoms with E-state index in [2.05, 4.69) is 52.2 Å². The Bertz CT molecular complexity index is 1370. The molecule has 1 saturated heterocycles. The molecule has 6 heteroatoms. The maximum atomic E-state index is 13.3. The second-order valence-corrected chi connectivity index (χ2v) is 10.5. The first kappa shape index (κ1) is 23.5. The number of hydrogen-bond donors (Lipinski definition) is 2. The zero-order valence-corrected chi connectivity index (χ0v) is 21.3. The summed E-state index contributed by atoms with van der Waals surface area (Å²) in [5, 5.41) is 9.74. The highest BCUT2D eigenvalue weighted by Crippen LogP contribution is 2.49. The molecule has 1 aliphatic carbocycles. The van der Waals surface area contributed by atoms with E-state index in [0.29, 0.717) is 11.3 Å². The Labute approximate surface area is 210 Å². The van der Waals surface area contributed by atoms with Gasteiger partial charge in [0.15, 0.2) is 0 Å². The van der Waals surface area contributed by atoms with E-state index in [9.17, 15) is 4.79 Å². The highest BCUT2D eigenvalue weighted by Gasteiger charge is 2.47. The first-order valence-corrected chi connectivity index (χ1v) is 13.0. The van der Waals surface area contributed by atoms with Gasteiger partial charge in [0, 0.05) is 22.0 Å². The third kappa shape index (κ3) is 4.95. The number of aryl methyl sites for hydroxylation is 2. The summed E-state index contributed by atoms with van der Waals surface area (Å²) in [5.74, 6) is 0.618. The molecule has 0 spiro atoms. The molecule has 180 valence electrons. The highest BCUT2D eigenvalue weighted by atomic mass is 32.1. The van der Waals surface area contributed by atoms with Gasteiger partial charge in [-0.2, -0.15) is 0 Å². The van der Waals surface area contributed by atoms with Gasteiger partial charge in [0.05, 0.1) is 18.2 Å². The summed E-state index contributed by atoms with van der Waals surface area (Å²) in [4.78, 5) is 19.2. The minimum atomic E-state index is -0.366. The van der Waals surface area contributed by atoms with Crippen molar-refractivity contribution in [3.05, 3.63) is 81.7 Å². The van der Waals surface area contributed by atoms with Crippen LogP contribution in [0.15, 0.2) is 60.1 Å². The molecule has 0 radical (unpaired) electrons. The number of aromatic nitrogens is 1. The zero-order valence-electron chi connectivity index (χ0n) is 20.5. The van der Waals surface area contributed by atoms with Crippen LogP contribution in [-0.2, 0) is 5.54 Å². The number of nitrogens with one attached hydrogen (secondary N) is 2. The minimum Gasteiger partial charge on any atom is -0.497 e. The normalized spacial score (nSPS) is 15.5. The Morgan fingerprint density at radius 3 is 2.49 bits per heavy atom. The van der Waals surface area contributed by atoms with Crippen molar-refractivity contribution < 1.29 is 9.53 Å². The molecule has 6 rings (SSSR count). The van der Waals surface area contributed by atoms with Gasteiger partial charge in [0.1, 0.15) is 5.75 Å². The number of nitrogens with zero attached hydrogens (tertiary/aromatic N) is 1. The molecule has 2 aromatic carbocycles. The Balaban J connectivity index is 0.000000577. The molecule has 2 N–H and O–H groups in total. The van der Waals surface area contributed by atoms with Crippen molar-refractivity contribution in [2.45, 2.75) is 38.6 Å². The SMILES string of the molecule is C1CNC1.COc1ccc(C)c(C(=O)NC2(c3cc(-c4csc(C)c4)cc4ncccc34)CC2)c1. The van der Waals surface area contributed by atoms with E-state index in [0.717, 1.165) is 40.4 Å². The molecule has 2 fully saturated rings. The van der Waals surface area contributed by atoms with Crippen molar-refractivity contribution in [3.63, 3.8) is 0 Å². The van der Waals surface area contributed by atoms with Crippen molar-refractivity contribution in [3.8, 4) is 16.9 Å². The second kappa shape index (κ2) is 9.80. The van der Waals surface area contributed by atoms with E-state index in [4.69, 9.17) is 4.74 Å². The quantitative estimate of drug-likeness (QED) is 0.365. The number of fused-ring (bicyclic) bond motifs is 1. The standard InChI is InChI=1S/C26H24N2O2S.C3H7N/c1-16-6-7-20(30-3)14-22(16)25(29)28-26(8-9-26)23-12-18(19-11-17(2)31-15-19)13-24-21(23)5-4-10-27-24;1-2-4-3-1/h4-7,10-15H,8-9H2,1-3H3,(H,28,29);4H,1-3H2. The van der Waals surface area contributed by atoms with Crippen LogP contribution < -0.4 is 15.4 Å². The number of rotatable bonds is 5. The van der Waals surface area contributed by atoms with E-state index < -0.39 is 0 Å². The van der Waals surface area contributed by atoms with Crippen LogP contribution in [0.4, 0.5) is 0 Å². The first-order chi connectivity index (χ1) is 17.0. The maximum Gasteiger partial charge on any atom is 0.252 e. The fraction of sp³-hybridized carbons (Fsp3) is 0.310. The van der Waals surface area contributed by atoms with Gasteiger partial charge in [-0.05, 0) is 110 Å². The van der Waals surface area contributed by atoms with Crippen molar-refractivity contribution in [1.29, 1.82) is 0 Å². The molecule has 0 unspecified atom stereocenters. The molecule has 0 atom stereocenters. The monoisotopic (exact) mass is 485 g/mol. The zero-order chi connectivity index (χ0) is 24.4. The summed E-state index contributed by atoms with van der Waals surface area (Å²) in [7, 11) is 1.62. The van der Waals surface area contributed by atoms with Crippen LogP contribution >= 0.6 is 11.3 Å². The van der Waals surface area contributed by atoms with Gasteiger partial charge in [-0.3, -0.25) is 9.78 Å². The van der Waals surface area contributed by atoms with Crippen LogP contribution in [0.1, 0.15) is 45.6 Å². The largest absolute Gasteiger partial charge is 0.497 e. The summed E-state index contributed by atoms with van der Waals surface area (Å²) in [5.41, 5.74) is 5.66. The van der Waals surface area contributed by atoms with Crippen molar-refractivity contribution >= 4 is 28.1 Å². The maximum absolute atomic E-state index is 13.3. The summed E-state index contributed by atoms with van der Waals surface area (Å²) in [6.07, 6.45) is 5.04. The molecular formula is C29H31N3O2S. The number of carbonyl (C=O) groups excluding carboxylic acids is 1. The van der Waals surface area contributed by atoms with Crippen LogP contribution in [0.2, 0.25) is 0 Å². The topological polar surface area (TPSA) is 63.2 Å². The lowest BCUT2D eigenvalue weighted by atomic mass is 9.94. The van der Waals surface area contributed by atoms with E-state index in [1.165, 1.54) is 30.0 Å². The smallest absolute Gasteiger partial charge is 0.252 e. The fourth-order valence-corrected chi connectivity index (χ4v) is 5.07. The highest BCUT2D eigenvalue weighted by molar-refractivity contribution is 7.10. The Hall–Kier alpha value is -3.22. The molecule has 4 aromatic rings. The predicted octanol–water partition coefficient (Wildman–Crippen LogP) is 5.99. The van der Waals surface area contributed by atoms with Crippen LogP contribution in [-0.4, -0.2) is 31.1 Å². The molecule has 2 aromatic heterocycles. The molecule has 0 bridgehead atoms. The lowest BCUT2D eigenvalue weighted by Crippen LogP contribution is -2.35. The molecule has 2 aliphatic rings. The Kier molecular flexibility index (Phi) is 6.58. The van der Waals surface area contributed by atoms with Crippen molar-refractivity contribution in [2.24, 2.45) is 0 Å². The van der Waals surface area contributed by atoms with Crippen LogP contribution in [0.3, 0.4) is 0 Å². The molecule has 5 nitrogen and oxygen atoms in total. The second-order valence-electron chi connectivity index (χ2n) is 9.36. The number of thiophene rings is 1. The first-order valence-electron chi connectivity index (χ1n) is 12.1. The molecular weight excluding hydrogens is 454 g/mol. The number of amides is 1. The van der Waals surface area contributed by atoms with Gasteiger partial charge in [0.2, 0.25) is 0 Å². The summed E-state index contributed by atoms with van der Waals surface area (Å²) >= 11 is 1.74. The number of pyridine rings is 1. The van der Waals surface area contributed by atoms with Crippen molar-refractivity contribution in [2.75, 3.05) is 20.2 Å². The van der Waals surface area contributed by atoms with Crippen LogP contribution in [0.25, 0.3) is 22.0 Å². The van der Waals surface area contributed by atoms with E-state index in [1.807, 2.05) is 37.4 Å². The average molecular weight is 486 g/mol. The summed E-state index contributed by atoms with van der Waals surface area (Å²) in [6, 6.07) is 16.3. The minimum absolute atomic E-state index is 0.0669. The summed E-state index contributed by atoms with van der Waals surface area (Å²) in [6.45, 7) is 6.57. The third-order valence-corrected chi connectivity index (χ3v) is 7.66. The van der Waals surface area contributed by atoms with Crippen LogP contribution in [0, 0.1) is 13.8 Å². The van der Waals surface area contributed by atoms with Gasteiger partial charge in [-0.15, -0.1) is 11.3 Å². The number of ether oxygens (including phenoxy) is 1. The molecule has 1 amide bonds. The molecule has 35 heavy (non-hydrogen) atoms. The number of benzene rings is 2. The third-order valence-electron chi connectivity index (χ3n) is 6.80. The number of methoxy groups -OCH3 is 1. The average Bonchev–Trinajstić information content (AvgIpc) is 3.47. The fourth-order valence-electron chi connectivity index (χ4n) is 4.36. The van der Waals surface area contributed by atoms with Crippen LogP contribution in [0.5, 0.6) is 5.75 Å². The van der Waals surface area contributed by atoms with Crippen molar-refractivity contribution in [1.82, 2.24) is 15.6 Å². The van der Waals surface area contributed by atoms with Gasteiger partial charge < -0.3 is 15.4 Å². The Morgan fingerprint density at radius 1 is 1.09 bits per heavy atom. The van der Waals surface area contributed by atoms with Gasteiger partial charge in [-0.25, -0.2) is 0 Å². The van der Waals surface area contributed by atoms with Gasteiger partial charge in [-0.1, -0.05) is 12.1 Å². The Morgan fingerprint density at radius 2 is 1.86 bits per heavy atom. The lowest BCUT2D eigenvalue weighted by Gasteiger charge is -2.22. The predicted molar refractivity (Wildman–Crippen MR) is 143 cm³/mol. The molecule has 1 saturated carbocycles. The molecule has 3 heterocycles. The van der Waals surface area contributed by atoms with E-state index in [-0.39, 0.29) is 11.4 Å². The van der Waals surface area contributed by atoms with Gasteiger partial charge in [0.25, 0.3) is 5.91 Å². The summed E-state index contributed by atoms with van der Waals surface area (Å²) < 4.78 is 5.33. The lowest BCUT2D eigenvalue weighted by molar-refractivity contribution is 0.0930. The number of hydrogen-bond acceptors (Lipinski definition) is 5.